The van der Waals surface area contributed by atoms with E-state index in [0.717, 1.165) is 11.1 Å². The van der Waals surface area contributed by atoms with Crippen LogP contribution in [-0.4, -0.2) is 46.5 Å². The first-order chi connectivity index (χ1) is 10.2. The Labute approximate surface area is 128 Å². The highest BCUT2D eigenvalue weighted by atomic mass is 16.4. The van der Waals surface area contributed by atoms with E-state index >= 15 is 0 Å². The van der Waals surface area contributed by atoms with Crippen molar-refractivity contribution in [2.24, 2.45) is 11.7 Å². The molecular weight excluding hydrogens is 292 g/mol. The lowest BCUT2D eigenvalue weighted by atomic mass is 10.0. The molecule has 0 unspecified atom stereocenters. The summed E-state index contributed by atoms with van der Waals surface area (Å²) in [5.74, 6) is -1.92. The zero-order valence-corrected chi connectivity index (χ0v) is 12.7. The monoisotopic (exact) mass is 314 g/mol. The lowest BCUT2D eigenvalue weighted by molar-refractivity contribution is -0.139. The Hall–Kier alpha value is -2.58. The van der Waals surface area contributed by atoms with Crippen molar-refractivity contribution in [2.75, 3.05) is 6.54 Å². The van der Waals surface area contributed by atoms with Crippen LogP contribution in [0.25, 0.3) is 0 Å². The van der Waals surface area contributed by atoms with Crippen molar-refractivity contribution in [1.82, 2.24) is 15.8 Å². The molecular formula is C13H22N4O5. The fourth-order valence-corrected chi connectivity index (χ4v) is 1.62. The van der Waals surface area contributed by atoms with Crippen LogP contribution in [0, 0.1) is 5.92 Å². The Morgan fingerprint density at radius 3 is 2.32 bits per heavy atom. The van der Waals surface area contributed by atoms with Crippen LogP contribution in [0.2, 0.25) is 0 Å². The Balaban J connectivity index is 4.92. The van der Waals surface area contributed by atoms with Gasteiger partial charge in [0.1, 0.15) is 6.04 Å². The number of nitrogens with two attached hydrogens (primary N) is 1. The van der Waals surface area contributed by atoms with Crippen molar-refractivity contribution in [3.63, 3.8) is 0 Å². The molecule has 1 atom stereocenters. The zero-order chi connectivity index (χ0) is 17.3. The smallest absolute Gasteiger partial charge is 0.405 e. The van der Waals surface area contributed by atoms with Gasteiger partial charge in [-0.2, -0.15) is 0 Å². The van der Waals surface area contributed by atoms with Crippen molar-refractivity contribution in [2.45, 2.75) is 32.7 Å². The largest absolute Gasteiger partial charge is 0.465 e. The molecule has 4 amide bonds. The van der Waals surface area contributed by atoms with Gasteiger partial charge in [0.25, 0.3) is 11.8 Å². The Morgan fingerprint density at radius 1 is 1.32 bits per heavy atom. The van der Waals surface area contributed by atoms with E-state index in [9.17, 15) is 19.2 Å². The number of hydrogen-bond acceptors (Lipinski definition) is 4. The van der Waals surface area contributed by atoms with E-state index in [1.165, 1.54) is 0 Å². The average Bonchev–Trinajstić information content (AvgIpc) is 2.40. The standard InChI is InChI=1S/C13H22N4O5/c1-4-11(19)17(6-5-10(14)18)16-12(20)9(7-8(2)3)15-13(21)22/h4,8-9,15H,1,5-7H2,2-3H3,(H2,14,18)(H,16,20)(H,21,22)/t9-/m0/s1. The highest BCUT2D eigenvalue weighted by Gasteiger charge is 2.24. The summed E-state index contributed by atoms with van der Waals surface area (Å²) in [4.78, 5) is 45.3. The van der Waals surface area contributed by atoms with Crippen LogP contribution in [0.5, 0.6) is 0 Å². The Morgan fingerprint density at radius 2 is 1.91 bits per heavy atom. The number of rotatable bonds is 8. The molecule has 9 heteroatoms. The first-order valence-electron chi connectivity index (χ1n) is 6.69. The molecule has 9 nitrogen and oxygen atoms in total. The fourth-order valence-electron chi connectivity index (χ4n) is 1.62. The molecule has 0 aliphatic rings. The number of amides is 4. The molecule has 124 valence electrons. The molecule has 0 rings (SSSR count). The zero-order valence-electron chi connectivity index (χ0n) is 12.7. The summed E-state index contributed by atoms with van der Waals surface area (Å²) in [7, 11) is 0. The summed E-state index contributed by atoms with van der Waals surface area (Å²) in [5, 5.41) is 11.7. The minimum atomic E-state index is -1.35. The third-order valence-corrected chi connectivity index (χ3v) is 2.59. The van der Waals surface area contributed by atoms with Crippen LogP contribution in [0.1, 0.15) is 26.7 Å². The lowest BCUT2D eigenvalue weighted by Crippen LogP contribution is -2.54. The predicted octanol–water partition coefficient (Wildman–Crippen LogP) is -0.410. The van der Waals surface area contributed by atoms with Gasteiger partial charge < -0.3 is 16.2 Å². The van der Waals surface area contributed by atoms with E-state index in [4.69, 9.17) is 10.8 Å². The second-order valence-electron chi connectivity index (χ2n) is 5.02. The number of hydrazine groups is 1. The van der Waals surface area contributed by atoms with Crippen LogP contribution >= 0.6 is 0 Å². The van der Waals surface area contributed by atoms with E-state index in [1.807, 2.05) is 13.8 Å². The van der Waals surface area contributed by atoms with Gasteiger partial charge in [-0.25, -0.2) is 9.80 Å². The number of carbonyl (C=O) groups excluding carboxylic acids is 3. The highest BCUT2D eigenvalue weighted by Crippen LogP contribution is 2.05. The Bertz CT molecular complexity index is 450. The van der Waals surface area contributed by atoms with Gasteiger partial charge in [0, 0.05) is 6.42 Å². The van der Waals surface area contributed by atoms with Gasteiger partial charge in [-0.3, -0.25) is 19.8 Å². The first kappa shape index (κ1) is 19.4. The van der Waals surface area contributed by atoms with Crippen molar-refractivity contribution >= 4 is 23.8 Å². The van der Waals surface area contributed by atoms with Gasteiger partial charge in [-0.1, -0.05) is 20.4 Å². The molecule has 0 aliphatic heterocycles. The van der Waals surface area contributed by atoms with Crippen LogP contribution in [-0.2, 0) is 14.4 Å². The number of hydrogen-bond donors (Lipinski definition) is 4. The van der Waals surface area contributed by atoms with E-state index in [0.29, 0.717) is 0 Å². The van der Waals surface area contributed by atoms with Crippen LogP contribution in [0.4, 0.5) is 4.79 Å². The molecule has 0 aromatic rings. The topological polar surface area (TPSA) is 142 Å². The average molecular weight is 314 g/mol. The number of carboxylic acid groups (broad SMARTS) is 1. The summed E-state index contributed by atoms with van der Waals surface area (Å²) >= 11 is 0. The molecule has 0 aromatic heterocycles. The second-order valence-corrected chi connectivity index (χ2v) is 5.02. The van der Waals surface area contributed by atoms with Gasteiger partial charge in [0.15, 0.2) is 0 Å². The van der Waals surface area contributed by atoms with E-state index in [-0.39, 0.29) is 25.3 Å². The van der Waals surface area contributed by atoms with Crippen LogP contribution < -0.4 is 16.5 Å². The van der Waals surface area contributed by atoms with Gasteiger partial charge in [0.2, 0.25) is 5.91 Å². The third-order valence-electron chi connectivity index (χ3n) is 2.59. The fraction of sp³-hybridized carbons (Fsp3) is 0.538. The second kappa shape index (κ2) is 9.37. The molecule has 0 aromatic carbocycles. The normalized spacial score (nSPS) is 11.4. The van der Waals surface area contributed by atoms with Crippen molar-refractivity contribution in [3.8, 4) is 0 Å². The molecule has 0 fully saturated rings. The minimum Gasteiger partial charge on any atom is -0.465 e. The Kier molecular flexibility index (Phi) is 8.27. The number of carbonyl (C=O) groups is 4. The highest BCUT2D eigenvalue weighted by molar-refractivity contribution is 5.91. The summed E-state index contributed by atoms with van der Waals surface area (Å²) in [6, 6.07) is -1.02. The van der Waals surface area contributed by atoms with Crippen LogP contribution in [0.15, 0.2) is 12.7 Å². The summed E-state index contributed by atoms with van der Waals surface area (Å²) in [6.07, 6.45) is -0.284. The molecule has 0 saturated carbocycles. The molecule has 0 heterocycles. The SMILES string of the molecule is C=CC(=O)N(CCC(N)=O)NC(=O)[C@H](CC(C)C)NC(=O)O. The third kappa shape index (κ3) is 7.88. The van der Waals surface area contributed by atoms with Gasteiger partial charge in [-0.05, 0) is 18.4 Å². The van der Waals surface area contributed by atoms with Gasteiger partial charge >= 0.3 is 6.09 Å². The van der Waals surface area contributed by atoms with Crippen molar-refractivity contribution < 1.29 is 24.3 Å². The molecule has 0 aliphatic carbocycles. The molecule has 0 saturated heterocycles. The minimum absolute atomic E-state index is 0.0526. The number of nitrogens with zero attached hydrogens (tertiary/aromatic N) is 1. The van der Waals surface area contributed by atoms with Crippen molar-refractivity contribution in [3.05, 3.63) is 12.7 Å². The number of nitrogens with one attached hydrogen (secondary N) is 2. The van der Waals surface area contributed by atoms with E-state index in [2.05, 4.69) is 17.3 Å². The molecule has 22 heavy (non-hydrogen) atoms. The maximum atomic E-state index is 12.1. The van der Waals surface area contributed by atoms with Crippen LogP contribution in [0.3, 0.4) is 0 Å². The van der Waals surface area contributed by atoms with Crippen molar-refractivity contribution in [1.29, 1.82) is 0 Å². The molecule has 5 N–H and O–H groups in total. The molecule has 0 bridgehead atoms. The summed E-state index contributed by atoms with van der Waals surface area (Å²) in [6.45, 7) is 6.80. The maximum absolute atomic E-state index is 12.1. The molecule has 0 spiro atoms. The number of primary amides is 1. The quantitative estimate of drug-likeness (QED) is 0.356. The summed E-state index contributed by atoms with van der Waals surface area (Å²) in [5.41, 5.74) is 7.27. The van der Waals surface area contributed by atoms with E-state index in [1.54, 1.807) is 0 Å². The first-order valence-corrected chi connectivity index (χ1v) is 6.69. The predicted molar refractivity (Wildman–Crippen MR) is 78.3 cm³/mol. The van der Waals surface area contributed by atoms with Gasteiger partial charge in [-0.15, -0.1) is 0 Å². The van der Waals surface area contributed by atoms with E-state index < -0.39 is 29.9 Å². The van der Waals surface area contributed by atoms with Gasteiger partial charge in [0.05, 0.1) is 6.54 Å². The lowest BCUT2D eigenvalue weighted by Gasteiger charge is -2.25. The summed E-state index contributed by atoms with van der Waals surface area (Å²) < 4.78 is 0. The molecule has 0 radical (unpaired) electrons. The maximum Gasteiger partial charge on any atom is 0.405 e.